The van der Waals surface area contributed by atoms with Crippen LogP contribution in [0.5, 0.6) is 0 Å². The normalized spacial score (nSPS) is 9.79. The minimum absolute atomic E-state index is 0.628. The standard InChI is InChI=1S/C7H6Cl2S.C6H4Cl2S/c1-10-7-4-5(8)2-3-6(7)9;7-4-1-2-5(8)6(9)3-4/h2-4H,1H3;1-3,9H. The van der Waals surface area contributed by atoms with Gasteiger partial charge in [0.05, 0.1) is 10.0 Å². The molecule has 0 N–H and O–H groups in total. The Morgan fingerprint density at radius 1 is 0.842 bits per heavy atom. The van der Waals surface area contributed by atoms with Crippen molar-refractivity contribution in [2.24, 2.45) is 0 Å². The Balaban J connectivity index is 0.000000191. The van der Waals surface area contributed by atoms with Crippen LogP contribution < -0.4 is 0 Å². The second kappa shape index (κ2) is 8.56. The Bertz CT molecular complexity index is 558. The fourth-order valence-electron chi connectivity index (χ4n) is 1.12. The molecule has 0 unspecified atom stereocenters. The van der Waals surface area contributed by atoms with E-state index in [1.165, 1.54) is 0 Å². The minimum Gasteiger partial charge on any atom is -0.142 e. The maximum absolute atomic E-state index is 5.82. The highest BCUT2D eigenvalue weighted by Crippen LogP contribution is 2.27. The van der Waals surface area contributed by atoms with Crippen LogP contribution in [0.4, 0.5) is 0 Å². The third-order valence-corrected chi connectivity index (χ3v) is 4.54. The van der Waals surface area contributed by atoms with Gasteiger partial charge in [-0.15, -0.1) is 24.4 Å². The molecule has 0 aliphatic rings. The molecule has 102 valence electrons. The van der Waals surface area contributed by atoms with Gasteiger partial charge in [0.1, 0.15) is 0 Å². The van der Waals surface area contributed by atoms with Crippen molar-refractivity contribution in [3.63, 3.8) is 0 Å². The van der Waals surface area contributed by atoms with E-state index in [9.17, 15) is 0 Å². The Morgan fingerprint density at radius 3 is 1.79 bits per heavy atom. The molecule has 0 saturated carbocycles. The lowest BCUT2D eigenvalue weighted by Crippen LogP contribution is -1.71. The highest BCUT2D eigenvalue weighted by molar-refractivity contribution is 7.98. The molecule has 0 fully saturated rings. The van der Waals surface area contributed by atoms with E-state index in [0.29, 0.717) is 14.9 Å². The Hall–Kier alpha value is 0.300. The summed E-state index contributed by atoms with van der Waals surface area (Å²) in [7, 11) is 0. The van der Waals surface area contributed by atoms with Crippen LogP contribution in [-0.2, 0) is 0 Å². The molecule has 2 aromatic carbocycles. The van der Waals surface area contributed by atoms with Gasteiger partial charge >= 0.3 is 0 Å². The SMILES string of the molecule is CSc1cc(Cl)ccc1Cl.Sc1cc(Cl)ccc1Cl. The summed E-state index contributed by atoms with van der Waals surface area (Å²) in [5.74, 6) is 0. The van der Waals surface area contributed by atoms with E-state index in [1.807, 2.05) is 12.3 Å². The lowest BCUT2D eigenvalue weighted by atomic mass is 10.4. The smallest absolute Gasteiger partial charge is 0.0542 e. The zero-order chi connectivity index (χ0) is 14.4. The van der Waals surface area contributed by atoms with Crippen LogP contribution >= 0.6 is 70.8 Å². The zero-order valence-electron chi connectivity index (χ0n) is 9.83. The van der Waals surface area contributed by atoms with Crippen LogP contribution in [0.15, 0.2) is 46.2 Å². The van der Waals surface area contributed by atoms with Crippen LogP contribution in [0.3, 0.4) is 0 Å². The number of halogens is 4. The van der Waals surface area contributed by atoms with E-state index >= 15 is 0 Å². The third-order valence-electron chi connectivity index (χ3n) is 2.02. The van der Waals surface area contributed by atoms with Crippen molar-refractivity contribution in [2.45, 2.75) is 9.79 Å². The summed E-state index contributed by atoms with van der Waals surface area (Å²) < 4.78 is 0. The van der Waals surface area contributed by atoms with Gasteiger partial charge in [0, 0.05) is 19.8 Å². The summed E-state index contributed by atoms with van der Waals surface area (Å²) in [6, 6.07) is 10.6. The Morgan fingerprint density at radius 2 is 1.37 bits per heavy atom. The molecule has 0 aliphatic carbocycles. The molecule has 0 heterocycles. The largest absolute Gasteiger partial charge is 0.142 e. The van der Waals surface area contributed by atoms with Crippen molar-refractivity contribution in [1.29, 1.82) is 0 Å². The van der Waals surface area contributed by atoms with Crippen LogP contribution in [0.25, 0.3) is 0 Å². The molecular weight excluding hydrogens is 362 g/mol. The van der Waals surface area contributed by atoms with Crippen LogP contribution in [0.2, 0.25) is 20.1 Å². The number of benzene rings is 2. The molecule has 0 bridgehead atoms. The Kier molecular flexibility index (Phi) is 7.81. The lowest BCUT2D eigenvalue weighted by Gasteiger charge is -1.98. The molecule has 0 nitrogen and oxygen atoms in total. The molecule has 2 aromatic rings. The van der Waals surface area contributed by atoms with Gasteiger partial charge in [-0.3, -0.25) is 0 Å². The fourth-order valence-corrected chi connectivity index (χ4v) is 2.79. The van der Waals surface area contributed by atoms with E-state index in [0.717, 1.165) is 14.9 Å². The van der Waals surface area contributed by atoms with Gasteiger partial charge in [0.25, 0.3) is 0 Å². The van der Waals surface area contributed by atoms with Gasteiger partial charge in [-0.2, -0.15) is 0 Å². The first kappa shape index (κ1) is 17.4. The van der Waals surface area contributed by atoms with E-state index < -0.39 is 0 Å². The van der Waals surface area contributed by atoms with Gasteiger partial charge in [-0.1, -0.05) is 46.4 Å². The van der Waals surface area contributed by atoms with Crippen molar-refractivity contribution in [1.82, 2.24) is 0 Å². The molecule has 2 rings (SSSR count). The molecular formula is C13H10Cl4S2. The van der Waals surface area contributed by atoms with Gasteiger partial charge in [0.15, 0.2) is 0 Å². The van der Waals surface area contributed by atoms with Crippen molar-refractivity contribution in [2.75, 3.05) is 6.26 Å². The number of hydrogen-bond acceptors (Lipinski definition) is 2. The van der Waals surface area contributed by atoms with Crippen molar-refractivity contribution < 1.29 is 0 Å². The quantitative estimate of drug-likeness (QED) is 0.416. The Labute approximate surface area is 142 Å². The highest BCUT2D eigenvalue weighted by Gasteiger charge is 1.97. The number of thiol groups is 1. The molecule has 0 amide bonds. The molecule has 0 aromatic heterocycles. The van der Waals surface area contributed by atoms with E-state index in [1.54, 1.807) is 42.1 Å². The van der Waals surface area contributed by atoms with Gasteiger partial charge in [-0.05, 0) is 42.7 Å². The average Bonchev–Trinajstić information content (AvgIpc) is 2.38. The summed E-state index contributed by atoms with van der Waals surface area (Å²) in [6.07, 6.45) is 1.97. The topological polar surface area (TPSA) is 0 Å². The number of hydrogen-bond donors (Lipinski definition) is 1. The molecule has 0 aliphatic heterocycles. The predicted molar refractivity (Wildman–Crippen MR) is 92.0 cm³/mol. The second-order valence-electron chi connectivity index (χ2n) is 3.37. The summed E-state index contributed by atoms with van der Waals surface area (Å²) in [6.45, 7) is 0. The van der Waals surface area contributed by atoms with E-state index in [4.69, 9.17) is 46.4 Å². The van der Waals surface area contributed by atoms with Crippen LogP contribution in [0, 0.1) is 0 Å². The fraction of sp³-hybridized carbons (Fsp3) is 0.0769. The summed E-state index contributed by atoms with van der Waals surface area (Å²) >= 11 is 28.4. The van der Waals surface area contributed by atoms with Gasteiger partial charge in [-0.25, -0.2) is 0 Å². The van der Waals surface area contributed by atoms with Gasteiger partial charge < -0.3 is 0 Å². The number of thioether (sulfide) groups is 1. The maximum Gasteiger partial charge on any atom is 0.0542 e. The molecule has 0 atom stereocenters. The first-order chi connectivity index (χ1) is 8.93. The van der Waals surface area contributed by atoms with E-state index in [2.05, 4.69) is 12.6 Å². The molecule has 0 saturated heterocycles. The molecule has 6 heteroatoms. The summed E-state index contributed by atoms with van der Waals surface area (Å²) in [4.78, 5) is 1.73. The van der Waals surface area contributed by atoms with Crippen molar-refractivity contribution in [3.05, 3.63) is 56.5 Å². The first-order valence-corrected chi connectivity index (χ1v) is 8.25. The molecule has 0 radical (unpaired) electrons. The van der Waals surface area contributed by atoms with Crippen LogP contribution in [-0.4, -0.2) is 6.26 Å². The summed E-state index contributed by atoms with van der Waals surface area (Å²) in [5.41, 5.74) is 0. The monoisotopic (exact) mass is 370 g/mol. The molecule has 19 heavy (non-hydrogen) atoms. The summed E-state index contributed by atoms with van der Waals surface area (Å²) in [5, 5.41) is 2.78. The predicted octanol–water partition coefficient (Wildman–Crippen LogP) is 7.00. The number of rotatable bonds is 1. The molecule has 0 spiro atoms. The third kappa shape index (κ3) is 6.07. The van der Waals surface area contributed by atoms with Gasteiger partial charge in [0.2, 0.25) is 0 Å². The second-order valence-corrected chi connectivity index (χ2v) is 6.39. The maximum atomic E-state index is 5.82. The lowest BCUT2D eigenvalue weighted by molar-refractivity contribution is 1.47. The average molecular weight is 372 g/mol. The minimum atomic E-state index is 0.628. The van der Waals surface area contributed by atoms with E-state index in [-0.39, 0.29) is 0 Å². The van der Waals surface area contributed by atoms with Crippen LogP contribution in [0.1, 0.15) is 0 Å². The van der Waals surface area contributed by atoms with Crippen molar-refractivity contribution in [3.8, 4) is 0 Å². The zero-order valence-corrected chi connectivity index (χ0v) is 14.6. The van der Waals surface area contributed by atoms with Crippen molar-refractivity contribution >= 4 is 70.8 Å². The highest BCUT2D eigenvalue weighted by atomic mass is 35.5. The first-order valence-electron chi connectivity index (χ1n) is 5.07.